The lowest BCUT2D eigenvalue weighted by Crippen LogP contribution is -2.20. The third-order valence-corrected chi connectivity index (χ3v) is 2.30. The molecule has 0 radical (unpaired) electrons. The van der Waals surface area contributed by atoms with Gasteiger partial charge in [-0.25, -0.2) is 9.48 Å². The average molecular weight is 285 g/mol. The zero-order valence-electron chi connectivity index (χ0n) is 10.1. The third-order valence-electron chi connectivity index (χ3n) is 2.30. The summed E-state index contributed by atoms with van der Waals surface area (Å²) in [6.45, 7) is -1.64. The molecule has 0 atom stereocenters. The van der Waals surface area contributed by atoms with E-state index in [-0.39, 0.29) is 5.69 Å². The highest BCUT2D eigenvalue weighted by atomic mass is 19.4. The molecule has 0 aliphatic rings. The number of nitrogens with zero attached hydrogens (tertiary/aromatic N) is 2. The Kier molecular flexibility index (Phi) is 3.64. The summed E-state index contributed by atoms with van der Waals surface area (Å²) in [6, 6.07) is 7.92. The highest BCUT2D eigenvalue weighted by molar-refractivity contribution is 5.87. The van der Waals surface area contributed by atoms with Crippen molar-refractivity contribution in [2.24, 2.45) is 0 Å². The topological polar surface area (TPSA) is 70.1 Å². The van der Waals surface area contributed by atoms with E-state index in [1.54, 1.807) is 24.3 Å². The molecule has 0 aliphatic heterocycles. The molecule has 106 valence electrons. The molecule has 0 amide bonds. The number of nitrogens with two attached hydrogens (primary N) is 1. The Bertz CT molecular complexity index is 622. The summed E-state index contributed by atoms with van der Waals surface area (Å²) in [5.41, 5.74) is 6.47. The smallest absolute Gasteiger partial charge is 0.422 e. The predicted octanol–water partition coefficient (Wildman–Crippen LogP) is 2.17. The van der Waals surface area contributed by atoms with Crippen molar-refractivity contribution in [1.82, 2.24) is 9.78 Å². The molecule has 0 fully saturated rings. The maximum absolute atomic E-state index is 11.9. The summed E-state index contributed by atoms with van der Waals surface area (Å²) in [7, 11) is 0. The van der Waals surface area contributed by atoms with Crippen LogP contribution in [0, 0.1) is 0 Å². The standard InChI is InChI=1S/C12H10F3N3O2/c13-12(14,15)7-20-11(19)10-4-5-18(17-10)9-3-1-2-8(16)6-9/h1-6H,7,16H2. The second-order valence-corrected chi connectivity index (χ2v) is 3.93. The number of carbonyl (C=O) groups is 1. The highest BCUT2D eigenvalue weighted by Crippen LogP contribution is 2.16. The highest BCUT2D eigenvalue weighted by Gasteiger charge is 2.30. The Morgan fingerprint density at radius 1 is 1.35 bits per heavy atom. The van der Waals surface area contributed by atoms with Gasteiger partial charge in [0.25, 0.3) is 0 Å². The summed E-state index contributed by atoms with van der Waals surface area (Å²) >= 11 is 0. The lowest BCUT2D eigenvalue weighted by Gasteiger charge is -2.06. The number of nitrogen functional groups attached to an aromatic ring is 1. The molecule has 2 rings (SSSR count). The minimum atomic E-state index is -4.56. The van der Waals surface area contributed by atoms with Crippen molar-refractivity contribution < 1.29 is 22.7 Å². The summed E-state index contributed by atoms with van der Waals surface area (Å²) in [4.78, 5) is 11.4. The van der Waals surface area contributed by atoms with Crippen LogP contribution in [0.4, 0.5) is 18.9 Å². The van der Waals surface area contributed by atoms with Gasteiger partial charge in [0, 0.05) is 11.9 Å². The first-order valence-electron chi connectivity index (χ1n) is 5.50. The number of esters is 1. The number of carbonyl (C=O) groups excluding carboxylic acids is 1. The molecule has 0 bridgehead atoms. The molecule has 8 heteroatoms. The number of rotatable bonds is 3. The predicted molar refractivity (Wildman–Crippen MR) is 64.3 cm³/mol. The van der Waals surface area contributed by atoms with Crippen LogP contribution in [0.5, 0.6) is 0 Å². The largest absolute Gasteiger partial charge is 0.451 e. The van der Waals surface area contributed by atoms with E-state index in [9.17, 15) is 18.0 Å². The Labute approximate surface area is 111 Å². The normalized spacial score (nSPS) is 11.3. The van der Waals surface area contributed by atoms with E-state index in [0.717, 1.165) is 0 Å². The minimum Gasteiger partial charge on any atom is -0.451 e. The molecule has 2 N–H and O–H groups in total. The van der Waals surface area contributed by atoms with Crippen LogP contribution < -0.4 is 5.73 Å². The van der Waals surface area contributed by atoms with Crippen LogP contribution in [-0.2, 0) is 4.74 Å². The number of hydrogen-bond donors (Lipinski definition) is 1. The second-order valence-electron chi connectivity index (χ2n) is 3.93. The summed E-state index contributed by atoms with van der Waals surface area (Å²) in [5, 5.41) is 3.84. The van der Waals surface area contributed by atoms with Gasteiger partial charge < -0.3 is 10.5 Å². The van der Waals surface area contributed by atoms with Crippen molar-refractivity contribution in [3.8, 4) is 5.69 Å². The monoisotopic (exact) mass is 285 g/mol. The quantitative estimate of drug-likeness (QED) is 0.693. The van der Waals surface area contributed by atoms with E-state index in [1.165, 1.54) is 16.9 Å². The van der Waals surface area contributed by atoms with Crippen molar-refractivity contribution in [2.45, 2.75) is 6.18 Å². The van der Waals surface area contributed by atoms with Crippen LogP contribution in [0.25, 0.3) is 5.69 Å². The molecule has 2 aromatic rings. The molecule has 0 saturated carbocycles. The summed E-state index contributed by atoms with van der Waals surface area (Å²) < 4.78 is 41.2. The van der Waals surface area contributed by atoms with E-state index in [4.69, 9.17) is 5.73 Å². The van der Waals surface area contributed by atoms with Crippen molar-refractivity contribution in [3.05, 3.63) is 42.2 Å². The summed E-state index contributed by atoms with van der Waals surface area (Å²) in [5.74, 6) is -1.13. The SMILES string of the molecule is Nc1cccc(-n2ccc(C(=O)OCC(F)(F)F)n2)c1. The number of hydrogen-bond acceptors (Lipinski definition) is 4. The van der Waals surface area contributed by atoms with Gasteiger partial charge in [-0.1, -0.05) is 6.07 Å². The van der Waals surface area contributed by atoms with Crippen molar-refractivity contribution in [1.29, 1.82) is 0 Å². The lowest BCUT2D eigenvalue weighted by atomic mass is 10.3. The first-order chi connectivity index (χ1) is 9.35. The molecule has 0 unspecified atom stereocenters. The van der Waals surface area contributed by atoms with E-state index < -0.39 is 18.8 Å². The van der Waals surface area contributed by atoms with Gasteiger partial charge in [-0.15, -0.1) is 0 Å². The minimum absolute atomic E-state index is 0.211. The first-order valence-corrected chi connectivity index (χ1v) is 5.50. The van der Waals surface area contributed by atoms with Gasteiger partial charge >= 0.3 is 12.1 Å². The Morgan fingerprint density at radius 2 is 2.10 bits per heavy atom. The van der Waals surface area contributed by atoms with Crippen molar-refractivity contribution in [2.75, 3.05) is 12.3 Å². The van der Waals surface area contributed by atoms with Crippen LogP contribution in [0.15, 0.2) is 36.5 Å². The fourth-order valence-electron chi connectivity index (χ4n) is 1.47. The number of aromatic nitrogens is 2. The molecule has 0 spiro atoms. The van der Waals surface area contributed by atoms with Crippen LogP contribution in [0.2, 0.25) is 0 Å². The molecular weight excluding hydrogens is 275 g/mol. The van der Waals surface area contributed by atoms with Gasteiger partial charge in [0.05, 0.1) is 5.69 Å². The molecule has 5 nitrogen and oxygen atoms in total. The van der Waals surface area contributed by atoms with Gasteiger partial charge in [-0.05, 0) is 24.3 Å². The molecule has 1 aromatic carbocycles. The van der Waals surface area contributed by atoms with Gasteiger partial charge in [-0.3, -0.25) is 0 Å². The van der Waals surface area contributed by atoms with Crippen LogP contribution in [0.3, 0.4) is 0 Å². The number of anilines is 1. The van der Waals surface area contributed by atoms with Gasteiger partial charge in [0.15, 0.2) is 12.3 Å². The lowest BCUT2D eigenvalue weighted by molar-refractivity contribution is -0.161. The zero-order valence-corrected chi connectivity index (χ0v) is 10.1. The Morgan fingerprint density at radius 3 is 2.75 bits per heavy atom. The van der Waals surface area contributed by atoms with Crippen LogP contribution in [-0.4, -0.2) is 28.5 Å². The molecule has 0 aliphatic carbocycles. The average Bonchev–Trinajstić information content (AvgIpc) is 2.84. The molecule has 1 heterocycles. The van der Waals surface area contributed by atoms with Gasteiger partial charge in [0.1, 0.15) is 0 Å². The summed E-state index contributed by atoms with van der Waals surface area (Å²) in [6.07, 6.45) is -3.13. The fraction of sp³-hybridized carbons (Fsp3) is 0.167. The van der Waals surface area contributed by atoms with E-state index in [2.05, 4.69) is 9.84 Å². The Hall–Kier alpha value is -2.51. The number of ether oxygens (including phenoxy) is 1. The Balaban J connectivity index is 2.11. The van der Waals surface area contributed by atoms with Gasteiger partial charge in [0.2, 0.25) is 0 Å². The van der Waals surface area contributed by atoms with Crippen LogP contribution >= 0.6 is 0 Å². The van der Waals surface area contributed by atoms with Crippen LogP contribution in [0.1, 0.15) is 10.5 Å². The van der Waals surface area contributed by atoms with Crippen molar-refractivity contribution >= 4 is 11.7 Å². The van der Waals surface area contributed by atoms with E-state index >= 15 is 0 Å². The van der Waals surface area contributed by atoms with E-state index in [0.29, 0.717) is 11.4 Å². The fourth-order valence-corrected chi connectivity index (χ4v) is 1.47. The number of benzene rings is 1. The molecule has 20 heavy (non-hydrogen) atoms. The van der Waals surface area contributed by atoms with Gasteiger partial charge in [-0.2, -0.15) is 18.3 Å². The molecular formula is C12H10F3N3O2. The number of alkyl halides is 3. The van der Waals surface area contributed by atoms with Crippen molar-refractivity contribution in [3.63, 3.8) is 0 Å². The molecule has 0 saturated heterocycles. The maximum Gasteiger partial charge on any atom is 0.422 e. The molecule has 1 aromatic heterocycles. The first kappa shape index (κ1) is 13.9. The second kappa shape index (κ2) is 5.24. The number of halogens is 3. The maximum atomic E-state index is 11.9. The third kappa shape index (κ3) is 3.50. The zero-order chi connectivity index (χ0) is 14.8. The van der Waals surface area contributed by atoms with E-state index in [1.807, 2.05) is 0 Å².